The molecular weight excluding hydrogens is 381 g/mol. The van der Waals surface area contributed by atoms with Crippen LogP contribution < -0.4 is 21.0 Å². The van der Waals surface area contributed by atoms with Crippen molar-refractivity contribution in [2.24, 2.45) is 0 Å². The first-order valence-corrected chi connectivity index (χ1v) is 8.74. The van der Waals surface area contributed by atoms with E-state index in [-0.39, 0.29) is 4.68 Å². The monoisotopic (exact) mass is 394 g/mol. The van der Waals surface area contributed by atoms with Gasteiger partial charge in [-0.2, -0.15) is 17.8 Å². The minimum atomic E-state index is -4.87. The molecule has 0 spiro atoms. The average Bonchev–Trinajstić information content (AvgIpc) is 2.47. The van der Waals surface area contributed by atoms with Crippen LogP contribution in [0.4, 0.5) is 18.9 Å². The first kappa shape index (κ1) is 19.5. The number of sulfonamides is 1. The van der Waals surface area contributed by atoms with E-state index in [9.17, 15) is 36.0 Å². The van der Waals surface area contributed by atoms with Crippen LogP contribution in [0, 0.1) is 0 Å². The number of hydrogen-bond acceptors (Lipinski definition) is 5. The molecule has 0 fully saturated rings. The van der Waals surface area contributed by atoms with Gasteiger partial charge in [0.25, 0.3) is 5.56 Å². The zero-order chi connectivity index (χ0) is 20.0. The van der Waals surface area contributed by atoms with Crippen molar-refractivity contribution in [3.63, 3.8) is 0 Å². The fourth-order valence-electron chi connectivity index (χ4n) is 2.18. The fourth-order valence-corrected chi connectivity index (χ4v) is 2.67. The lowest BCUT2D eigenvalue weighted by Gasteiger charge is -2.21. The van der Waals surface area contributed by atoms with Crippen molar-refractivity contribution in [2.75, 3.05) is 23.0 Å². The Morgan fingerprint density at radius 3 is 2.31 bits per heavy atom. The lowest BCUT2D eigenvalue weighted by Crippen LogP contribution is -2.43. The molecule has 0 aliphatic heterocycles. The van der Waals surface area contributed by atoms with Gasteiger partial charge < -0.3 is 9.88 Å². The zero-order valence-corrected chi connectivity index (χ0v) is 14.4. The van der Waals surface area contributed by atoms with E-state index in [4.69, 9.17) is 0 Å². The number of aromatic amines is 1. The molecule has 1 aromatic carbocycles. The minimum absolute atomic E-state index is 0.114. The Morgan fingerprint density at radius 2 is 1.85 bits per heavy atom. The molecule has 0 radical (unpaired) electrons. The average molecular weight is 394 g/mol. The molecule has 1 amide bonds. The highest BCUT2D eigenvalue weighted by Crippen LogP contribution is 2.37. The number of carbonyl (C=O) groups excluding carboxylic acids is 1. The van der Waals surface area contributed by atoms with Crippen molar-refractivity contribution >= 4 is 32.5 Å². The topological polar surface area (TPSA) is 121 Å². The number of nitrogens with one attached hydrogen (secondary N) is 2. The molecular formula is C13H13F3N4O5S. The molecule has 0 aliphatic carbocycles. The van der Waals surface area contributed by atoms with E-state index in [2.05, 4.69) is 0 Å². The predicted molar refractivity (Wildman–Crippen MR) is 87.1 cm³/mol. The van der Waals surface area contributed by atoms with Crippen LogP contribution in [-0.4, -0.2) is 37.3 Å². The van der Waals surface area contributed by atoms with Gasteiger partial charge in [-0.1, -0.05) is 0 Å². The molecule has 0 atom stereocenters. The van der Waals surface area contributed by atoms with Gasteiger partial charge in [0.1, 0.15) is 0 Å². The molecule has 9 nitrogen and oxygen atoms in total. The second-order valence-corrected chi connectivity index (χ2v) is 7.15. The number of aromatic nitrogens is 2. The lowest BCUT2D eigenvalue weighted by atomic mass is 10.1. The van der Waals surface area contributed by atoms with Crippen molar-refractivity contribution in [3.05, 3.63) is 38.5 Å². The number of rotatable bonds is 3. The largest absolute Gasteiger partial charge is 0.418 e. The third-order valence-electron chi connectivity index (χ3n) is 3.41. The first-order chi connectivity index (χ1) is 11.7. The number of alkyl halides is 3. The van der Waals surface area contributed by atoms with Gasteiger partial charge in [0.15, 0.2) is 0 Å². The number of anilines is 1. The van der Waals surface area contributed by atoms with Crippen LogP contribution in [0.25, 0.3) is 10.9 Å². The van der Waals surface area contributed by atoms with Crippen molar-refractivity contribution in [1.82, 2.24) is 9.66 Å². The number of benzene rings is 1. The molecule has 0 aliphatic rings. The normalized spacial score (nSPS) is 12.2. The second-order valence-electron chi connectivity index (χ2n) is 5.42. The van der Waals surface area contributed by atoms with Gasteiger partial charge in [0.2, 0.25) is 15.9 Å². The number of nitrogens with zero attached hydrogens (tertiary/aromatic N) is 2. The van der Waals surface area contributed by atoms with Crippen LogP contribution in [0.1, 0.15) is 12.5 Å². The number of halogens is 3. The Kier molecular flexibility index (Phi) is 4.62. The highest BCUT2D eigenvalue weighted by molar-refractivity contribution is 7.91. The number of hydrogen-bond donors (Lipinski definition) is 2. The summed E-state index contributed by atoms with van der Waals surface area (Å²) in [5.74, 6) is -0.728. The van der Waals surface area contributed by atoms with Crippen molar-refractivity contribution in [2.45, 2.75) is 13.1 Å². The Morgan fingerprint density at radius 1 is 1.27 bits per heavy atom. The standard InChI is InChI=1S/C13H13F3N4O5S/c1-6(21)19(2)10-4-7-9(5-8(10)13(14,15)16)17-12(23)20(11(7)22)18-26(3,24)25/h4-5,18H,1-3H3,(H,17,23). The van der Waals surface area contributed by atoms with E-state index in [1.54, 1.807) is 4.83 Å². The molecule has 0 bridgehead atoms. The van der Waals surface area contributed by atoms with Gasteiger partial charge in [0.05, 0.1) is 28.4 Å². The summed E-state index contributed by atoms with van der Waals surface area (Å²) in [6, 6.07) is 1.27. The zero-order valence-electron chi connectivity index (χ0n) is 13.6. The summed E-state index contributed by atoms with van der Waals surface area (Å²) >= 11 is 0. The van der Waals surface area contributed by atoms with Crippen molar-refractivity contribution in [1.29, 1.82) is 0 Å². The highest BCUT2D eigenvalue weighted by atomic mass is 32.2. The van der Waals surface area contributed by atoms with Crippen LogP contribution in [0.5, 0.6) is 0 Å². The Balaban J connectivity index is 2.93. The Hall–Kier alpha value is -2.83. The smallest absolute Gasteiger partial charge is 0.315 e. The van der Waals surface area contributed by atoms with Gasteiger partial charge in [-0.05, 0) is 12.1 Å². The van der Waals surface area contributed by atoms with Crippen LogP contribution in [0.3, 0.4) is 0 Å². The molecule has 2 rings (SSSR count). The van der Waals surface area contributed by atoms with Crippen LogP contribution >= 0.6 is 0 Å². The molecule has 0 saturated heterocycles. The minimum Gasteiger partial charge on any atom is -0.315 e. The number of H-pyrrole nitrogens is 1. The quantitative estimate of drug-likeness (QED) is 0.770. The van der Waals surface area contributed by atoms with E-state index >= 15 is 0 Å². The molecule has 0 saturated carbocycles. The summed E-state index contributed by atoms with van der Waals surface area (Å²) in [6.45, 7) is 1.03. The van der Waals surface area contributed by atoms with Crippen molar-refractivity contribution < 1.29 is 26.4 Å². The third kappa shape index (κ3) is 3.71. The summed E-state index contributed by atoms with van der Waals surface area (Å²) in [5, 5.41) is -0.420. The van der Waals surface area contributed by atoms with Gasteiger partial charge in [0, 0.05) is 14.0 Å². The van der Waals surface area contributed by atoms with Crippen LogP contribution in [-0.2, 0) is 21.0 Å². The Labute approximate surface area is 144 Å². The van der Waals surface area contributed by atoms with Gasteiger partial charge >= 0.3 is 11.9 Å². The van der Waals surface area contributed by atoms with E-state index in [1.165, 1.54) is 0 Å². The molecule has 0 unspecified atom stereocenters. The molecule has 1 heterocycles. The van der Waals surface area contributed by atoms with Gasteiger partial charge in [-0.3, -0.25) is 9.59 Å². The molecule has 2 N–H and O–H groups in total. The third-order valence-corrected chi connectivity index (χ3v) is 3.92. The highest BCUT2D eigenvalue weighted by Gasteiger charge is 2.36. The molecule has 26 heavy (non-hydrogen) atoms. The molecule has 1 aromatic heterocycles. The summed E-state index contributed by atoms with van der Waals surface area (Å²) in [4.78, 5) is 40.0. The summed E-state index contributed by atoms with van der Waals surface area (Å²) < 4.78 is 62.5. The maximum atomic E-state index is 13.3. The number of amides is 1. The lowest BCUT2D eigenvalue weighted by molar-refractivity contribution is -0.137. The summed E-state index contributed by atoms with van der Waals surface area (Å²) in [5.41, 5.74) is -4.78. The van der Waals surface area contributed by atoms with Gasteiger partial charge in [-0.15, -0.1) is 0 Å². The van der Waals surface area contributed by atoms with E-state index in [1.807, 2.05) is 4.98 Å². The second kappa shape index (κ2) is 6.16. The summed E-state index contributed by atoms with van der Waals surface area (Å²) in [6.07, 6.45) is -4.19. The SMILES string of the molecule is CC(=O)N(C)c1cc2c(=O)n(NS(C)(=O)=O)c(=O)[nH]c2cc1C(F)(F)F. The number of fused-ring (bicyclic) bond motifs is 1. The Bertz CT molecular complexity index is 1120. The van der Waals surface area contributed by atoms with E-state index in [0.717, 1.165) is 20.0 Å². The van der Waals surface area contributed by atoms with E-state index < -0.39 is 55.5 Å². The van der Waals surface area contributed by atoms with Crippen molar-refractivity contribution in [3.8, 4) is 0 Å². The molecule has 2 aromatic rings. The van der Waals surface area contributed by atoms with Crippen LogP contribution in [0.15, 0.2) is 21.7 Å². The first-order valence-electron chi connectivity index (χ1n) is 6.84. The maximum Gasteiger partial charge on any atom is 0.418 e. The summed E-state index contributed by atoms with van der Waals surface area (Å²) in [7, 11) is -2.93. The fraction of sp³-hybridized carbons (Fsp3) is 0.308. The van der Waals surface area contributed by atoms with Gasteiger partial charge in [-0.25, -0.2) is 18.0 Å². The predicted octanol–water partition coefficient (Wildman–Crippen LogP) is 0.194. The van der Waals surface area contributed by atoms with E-state index in [0.29, 0.717) is 17.2 Å². The number of carbonyl (C=O) groups is 1. The molecule has 142 valence electrons. The maximum absolute atomic E-state index is 13.3. The van der Waals surface area contributed by atoms with Crippen LogP contribution in [0.2, 0.25) is 0 Å². The molecule has 13 heteroatoms.